The van der Waals surface area contributed by atoms with E-state index < -0.39 is 5.60 Å². The molecule has 1 unspecified atom stereocenters. The van der Waals surface area contributed by atoms with Gasteiger partial charge in [-0.1, -0.05) is 6.92 Å². The van der Waals surface area contributed by atoms with Gasteiger partial charge in [0.25, 0.3) is 0 Å². The lowest BCUT2D eigenvalue weighted by Gasteiger charge is -2.42. The lowest BCUT2D eigenvalue weighted by atomic mass is 9.91. The summed E-state index contributed by atoms with van der Waals surface area (Å²) in [7, 11) is 0. The van der Waals surface area contributed by atoms with E-state index in [9.17, 15) is 4.79 Å². The van der Waals surface area contributed by atoms with Crippen LogP contribution in [0.4, 0.5) is 4.79 Å². The summed E-state index contributed by atoms with van der Waals surface area (Å²) >= 11 is 0. The van der Waals surface area contributed by atoms with Gasteiger partial charge in [-0.15, -0.1) is 0 Å². The molecule has 0 radical (unpaired) electrons. The van der Waals surface area contributed by atoms with Crippen LogP contribution in [0.3, 0.4) is 0 Å². The first-order valence-electron chi connectivity index (χ1n) is 5.57. The molecule has 0 spiro atoms. The van der Waals surface area contributed by atoms with Crippen LogP contribution >= 0.6 is 0 Å². The number of carbonyl (C=O) groups is 1. The third-order valence-electron chi connectivity index (χ3n) is 2.64. The predicted octanol–water partition coefficient (Wildman–Crippen LogP) is 1.59. The van der Waals surface area contributed by atoms with Crippen LogP contribution in [0.5, 0.6) is 0 Å². The van der Waals surface area contributed by atoms with E-state index in [1.807, 2.05) is 20.8 Å². The third kappa shape index (κ3) is 3.38. The molecule has 88 valence electrons. The SMILES string of the molecule is CCC(N)C1CN(C(=O)OC(C)(C)C)C1. The average molecular weight is 214 g/mol. The second-order valence-electron chi connectivity index (χ2n) is 5.22. The van der Waals surface area contributed by atoms with Gasteiger partial charge in [-0.2, -0.15) is 0 Å². The second kappa shape index (κ2) is 4.39. The van der Waals surface area contributed by atoms with Gasteiger partial charge in [-0.3, -0.25) is 0 Å². The van der Waals surface area contributed by atoms with Crippen molar-refractivity contribution in [2.24, 2.45) is 11.7 Å². The monoisotopic (exact) mass is 214 g/mol. The minimum atomic E-state index is -0.408. The molecule has 1 fully saturated rings. The van der Waals surface area contributed by atoms with E-state index in [1.165, 1.54) is 0 Å². The summed E-state index contributed by atoms with van der Waals surface area (Å²) in [6, 6.07) is 0.212. The Labute approximate surface area is 91.8 Å². The Morgan fingerprint density at radius 3 is 2.47 bits per heavy atom. The Morgan fingerprint density at radius 2 is 2.07 bits per heavy atom. The number of amides is 1. The maximum Gasteiger partial charge on any atom is 0.410 e. The van der Waals surface area contributed by atoms with Crippen LogP contribution in [-0.2, 0) is 4.74 Å². The van der Waals surface area contributed by atoms with Gasteiger partial charge in [0, 0.05) is 25.0 Å². The first-order valence-corrected chi connectivity index (χ1v) is 5.57. The standard InChI is InChI=1S/C11H22N2O2/c1-5-9(12)8-6-13(7-8)10(14)15-11(2,3)4/h8-9H,5-7,12H2,1-4H3. The Balaban J connectivity index is 2.30. The molecule has 15 heavy (non-hydrogen) atoms. The fraction of sp³-hybridized carbons (Fsp3) is 0.909. The van der Waals surface area contributed by atoms with E-state index in [1.54, 1.807) is 4.90 Å². The molecule has 4 nitrogen and oxygen atoms in total. The molecule has 1 atom stereocenters. The largest absolute Gasteiger partial charge is 0.444 e. The van der Waals surface area contributed by atoms with Crippen molar-refractivity contribution >= 4 is 6.09 Å². The summed E-state index contributed by atoms with van der Waals surface area (Å²) in [5.41, 5.74) is 5.48. The zero-order valence-corrected chi connectivity index (χ0v) is 10.1. The zero-order valence-electron chi connectivity index (χ0n) is 10.1. The molecule has 0 aromatic rings. The summed E-state index contributed by atoms with van der Waals surface area (Å²) in [5.74, 6) is 0.447. The normalized spacial score (nSPS) is 19.7. The van der Waals surface area contributed by atoms with Crippen molar-refractivity contribution < 1.29 is 9.53 Å². The molecule has 0 aromatic carbocycles. The molecule has 1 aliphatic rings. The molecule has 1 amide bonds. The topological polar surface area (TPSA) is 55.6 Å². The summed E-state index contributed by atoms with van der Waals surface area (Å²) in [4.78, 5) is 13.3. The quantitative estimate of drug-likeness (QED) is 0.759. The van der Waals surface area contributed by atoms with E-state index in [4.69, 9.17) is 10.5 Å². The number of hydrogen-bond donors (Lipinski definition) is 1. The van der Waals surface area contributed by atoms with E-state index in [0.717, 1.165) is 19.5 Å². The number of rotatable bonds is 2. The zero-order chi connectivity index (χ0) is 11.6. The molecule has 0 bridgehead atoms. The van der Waals surface area contributed by atoms with Gasteiger partial charge in [0.05, 0.1) is 0 Å². The van der Waals surface area contributed by atoms with Crippen LogP contribution in [0.15, 0.2) is 0 Å². The first kappa shape index (κ1) is 12.3. The van der Waals surface area contributed by atoms with Crippen molar-refractivity contribution in [2.75, 3.05) is 13.1 Å². The highest BCUT2D eigenvalue weighted by molar-refractivity contribution is 5.69. The third-order valence-corrected chi connectivity index (χ3v) is 2.64. The number of ether oxygens (including phenoxy) is 1. The molecular formula is C11H22N2O2. The lowest BCUT2D eigenvalue weighted by Crippen LogP contribution is -2.57. The summed E-state index contributed by atoms with van der Waals surface area (Å²) in [6.45, 7) is 9.18. The Kier molecular flexibility index (Phi) is 3.60. The van der Waals surface area contributed by atoms with Crippen LogP contribution < -0.4 is 5.73 Å². The van der Waals surface area contributed by atoms with Crippen LogP contribution in [0.1, 0.15) is 34.1 Å². The fourth-order valence-electron chi connectivity index (χ4n) is 1.59. The van der Waals surface area contributed by atoms with E-state index >= 15 is 0 Å². The van der Waals surface area contributed by atoms with Crippen LogP contribution in [0, 0.1) is 5.92 Å². The van der Waals surface area contributed by atoms with E-state index in [0.29, 0.717) is 5.92 Å². The number of carbonyl (C=O) groups excluding carboxylic acids is 1. The highest BCUT2D eigenvalue weighted by Gasteiger charge is 2.36. The van der Waals surface area contributed by atoms with Crippen molar-refractivity contribution in [1.29, 1.82) is 0 Å². The molecule has 0 aromatic heterocycles. The smallest absolute Gasteiger partial charge is 0.410 e. The van der Waals surface area contributed by atoms with E-state index in [-0.39, 0.29) is 12.1 Å². The number of nitrogens with two attached hydrogens (primary N) is 1. The molecule has 1 aliphatic heterocycles. The second-order valence-corrected chi connectivity index (χ2v) is 5.22. The predicted molar refractivity (Wildman–Crippen MR) is 59.6 cm³/mol. The van der Waals surface area contributed by atoms with Gasteiger partial charge in [0.2, 0.25) is 0 Å². The number of nitrogens with zero attached hydrogens (tertiary/aromatic N) is 1. The van der Waals surface area contributed by atoms with Gasteiger partial charge >= 0.3 is 6.09 Å². The van der Waals surface area contributed by atoms with Crippen molar-refractivity contribution in [3.8, 4) is 0 Å². The molecule has 1 saturated heterocycles. The first-order chi connectivity index (χ1) is 6.83. The average Bonchev–Trinajstić information content (AvgIpc) is 1.97. The number of hydrogen-bond acceptors (Lipinski definition) is 3. The van der Waals surface area contributed by atoms with Gasteiger partial charge in [0.1, 0.15) is 5.60 Å². The summed E-state index contributed by atoms with van der Waals surface area (Å²) < 4.78 is 5.25. The van der Waals surface area contributed by atoms with Gasteiger partial charge in [-0.25, -0.2) is 4.79 Å². The van der Waals surface area contributed by atoms with Gasteiger partial charge in [0.15, 0.2) is 0 Å². The molecule has 4 heteroatoms. The molecular weight excluding hydrogens is 192 g/mol. The van der Waals surface area contributed by atoms with Crippen molar-refractivity contribution in [3.63, 3.8) is 0 Å². The molecule has 1 rings (SSSR count). The van der Waals surface area contributed by atoms with Crippen molar-refractivity contribution in [1.82, 2.24) is 4.90 Å². The molecule has 2 N–H and O–H groups in total. The van der Waals surface area contributed by atoms with Gasteiger partial charge < -0.3 is 15.4 Å². The Hall–Kier alpha value is -0.770. The highest BCUT2D eigenvalue weighted by atomic mass is 16.6. The number of likely N-dealkylation sites (tertiary alicyclic amines) is 1. The summed E-state index contributed by atoms with van der Waals surface area (Å²) in [5, 5.41) is 0. The highest BCUT2D eigenvalue weighted by Crippen LogP contribution is 2.22. The maximum atomic E-state index is 11.6. The molecule has 1 heterocycles. The van der Waals surface area contributed by atoms with E-state index in [2.05, 4.69) is 6.92 Å². The minimum Gasteiger partial charge on any atom is -0.444 e. The maximum absolute atomic E-state index is 11.6. The van der Waals surface area contributed by atoms with Crippen LogP contribution in [0.25, 0.3) is 0 Å². The van der Waals surface area contributed by atoms with Crippen molar-refractivity contribution in [2.45, 2.75) is 45.8 Å². The van der Waals surface area contributed by atoms with Gasteiger partial charge in [-0.05, 0) is 27.2 Å². The van der Waals surface area contributed by atoms with Crippen molar-refractivity contribution in [3.05, 3.63) is 0 Å². The van der Waals surface area contributed by atoms with Crippen LogP contribution in [-0.4, -0.2) is 35.7 Å². The Bertz CT molecular complexity index is 229. The van der Waals surface area contributed by atoms with Crippen LogP contribution in [0.2, 0.25) is 0 Å². The Morgan fingerprint density at radius 1 is 1.53 bits per heavy atom. The fourth-order valence-corrected chi connectivity index (χ4v) is 1.59. The lowest BCUT2D eigenvalue weighted by molar-refractivity contribution is -0.00477. The summed E-state index contributed by atoms with van der Waals surface area (Å²) in [6.07, 6.45) is 0.745. The minimum absolute atomic E-state index is 0.212. The molecule has 0 saturated carbocycles. The molecule has 0 aliphatic carbocycles.